The van der Waals surface area contributed by atoms with Crippen molar-refractivity contribution in [3.05, 3.63) is 94.0 Å². The van der Waals surface area contributed by atoms with Crippen LogP contribution < -0.4 is 15.4 Å². The fraction of sp³-hybridized carbons (Fsp3) is 0.115. The Hall–Kier alpha value is -4.08. The van der Waals surface area contributed by atoms with Gasteiger partial charge in [0.05, 0.1) is 0 Å². The van der Waals surface area contributed by atoms with E-state index in [1.165, 1.54) is 6.08 Å². The van der Waals surface area contributed by atoms with E-state index in [2.05, 4.69) is 10.6 Å². The normalized spacial score (nSPS) is 10.8. The van der Waals surface area contributed by atoms with Gasteiger partial charge in [-0.15, -0.1) is 0 Å². The van der Waals surface area contributed by atoms with Crippen LogP contribution in [-0.4, -0.2) is 18.4 Å². The van der Waals surface area contributed by atoms with Crippen molar-refractivity contribution in [2.24, 2.45) is 0 Å². The summed E-state index contributed by atoms with van der Waals surface area (Å²) in [5, 5.41) is 15.3. The maximum atomic E-state index is 12.4. The Morgan fingerprint density at radius 2 is 1.76 bits per heavy atom. The van der Waals surface area contributed by atoms with Gasteiger partial charge in [-0.05, 0) is 73.0 Å². The van der Waals surface area contributed by atoms with E-state index in [1.807, 2.05) is 38.1 Å². The number of ether oxygens (including phenoxy) is 1. The first kappa shape index (κ1) is 23.6. The fourth-order valence-electron chi connectivity index (χ4n) is 2.96. The van der Waals surface area contributed by atoms with Gasteiger partial charge >= 0.3 is 0 Å². The molecule has 3 rings (SSSR count). The predicted molar refractivity (Wildman–Crippen MR) is 130 cm³/mol. The van der Waals surface area contributed by atoms with Crippen molar-refractivity contribution in [1.29, 1.82) is 5.26 Å². The molecule has 0 bridgehead atoms. The summed E-state index contributed by atoms with van der Waals surface area (Å²) < 4.78 is 5.54. The second kappa shape index (κ2) is 11.0. The van der Waals surface area contributed by atoms with E-state index in [9.17, 15) is 14.9 Å². The van der Waals surface area contributed by atoms with Crippen molar-refractivity contribution in [3.63, 3.8) is 0 Å². The molecule has 0 saturated carbocycles. The zero-order valence-corrected chi connectivity index (χ0v) is 18.9. The number of hydrogen-bond donors (Lipinski definition) is 2. The lowest BCUT2D eigenvalue weighted by molar-refractivity contribution is -0.118. The molecule has 0 aliphatic heterocycles. The van der Waals surface area contributed by atoms with E-state index in [1.54, 1.807) is 48.5 Å². The molecule has 0 spiro atoms. The number of nitriles is 1. The minimum absolute atomic E-state index is 0.0588. The molecular weight excluding hydrogens is 438 g/mol. The second-order valence-corrected chi connectivity index (χ2v) is 7.72. The Morgan fingerprint density at radius 1 is 1.03 bits per heavy atom. The van der Waals surface area contributed by atoms with Crippen LogP contribution in [-0.2, 0) is 9.59 Å². The van der Waals surface area contributed by atoms with Gasteiger partial charge in [-0.25, -0.2) is 0 Å². The third-order valence-electron chi connectivity index (χ3n) is 4.89. The van der Waals surface area contributed by atoms with Crippen LogP contribution in [0.3, 0.4) is 0 Å². The van der Waals surface area contributed by atoms with Crippen molar-refractivity contribution in [3.8, 4) is 11.8 Å². The number of hydrogen-bond acceptors (Lipinski definition) is 4. The highest BCUT2D eigenvalue weighted by atomic mass is 35.5. The van der Waals surface area contributed by atoms with Gasteiger partial charge in [-0.2, -0.15) is 5.26 Å². The molecule has 0 heterocycles. The van der Waals surface area contributed by atoms with Crippen LogP contribution in [0.4, 0.5) is 11.4 Å². The maximum Gasteiger partial charge on any atom is 0.266 e. The Kier molecular flexibility index (Phi) is 7.85. The van der Waals surface area contributed by atoms with Gasteiger partial charge in [0.25, 0.3) is 11.8 Å². The van der Waals surface area contributed by atoms with Gasteiger partial charge in [0.15, 0.2) is 6.61 Å². The quantitative estimate of drug-likeness (QED) is 0.359. The molecule has 2 N–H and O–H groups in total. The zero-order valence-electron chi connectivity index (χ0n) is 18.2. The summed E-state index contributed by atoms with van der Waals surface area (Å²) in [6, 6.07) is 21.0. The van der Waals surface area contributed by atoms with Crippen molar-refractivity contribution in [2.45, 2.75) is 13.8 Å². The Labute approximate surface area is 197 Å². The van der Waals surface area contributed by atoms with Gasteiger partial charge < -0.3 is 15.4 Å². The number of benzene rings is 3. The predicted octanol–water partition coefficient (Wildman–Crippen LogP) is 5.52. The van der Waals surface area contributed by atoms with Crippen LogP contribution in [0.2, 0.25) is 5.02 Å². The number of nitrogens with one attached hydrogen (secondary N) is 2. The number of carbonyl (C=O) groups excluding carboxylic acids is 2. The van der Waals surface area contributed by atoms with Gasteiger partial charge in [0.1, 0.15) is 17.4 Å². The van der Waals surface area contributed by atoms with E-state index in [0.717, 1.165) is 16.8 Å². The van der Waals surface area contributed by atoms with E-state index < -0.39 is 5.91 Å². The molecule has 7 heteroatoms. The van der Waals surface area contributed by atoms with E-state index >= 15 is 0 Å². The van der Waals surface area contributed by atoms with Crippen molar-refractivity contribution in [1.82, 2.24) is 0 Å². The summed E-state index contributed by atoms with van der Waals surface area (Å²) in [6.07, 6.45) is 1.47. The first-order chi connectivity index (χ1) is 15.9. The van der Waals surface area contributed by atoms with Crippen molar-refractivity contribution >= 4 is 40.9 Å². The molecule has 3 aromatic rings. The number of anilines is 2. The lowest BCUT2D eigenvalue weighted by atomic mass is 10.1. The molecule has 0 unspecified atom stereocenters. The molecule has 33 heavy (non-hydrogen) atoms. The van der Waals surface area contributed by atoms with Crippen molar-refractivity contribution < 1.29 is 14.3 Å². The highest BCUT2D eigenvalue weighted by Gasteiger charge is 2.10. The summed E-state index contributed by atoms with van der Waals surface area (Å²) in [4.78, 5) is 24.6. The Bertz CT molecular complexity index is 1240. The minimum Gasteiger partial charge on any atom is -0.484 e. The van der Waals surface area contributed by atoms with Crippen molar-refractivity contribution in [2.75, 3.05) is 17.2 Å². The van der Waals surface area contributed by atoms with E-state index in [-0.39, 0.29) is 18.1 Å². The van der Waals surface area contributed by atoms with Crippen LogP contribution in [0.25, 0.3) is 6.08 Å². The molecule has 0 aromatic heterocycles. The molecule has 166 valence electrons. The third kappa shape index (κ3) is 6.70. The molecule has 2 amide bonds. The SMILES string of the molecule is Cc1cccc(NC(=O)COc2ccc(/C=C(/C#N)C(=O)Nc3cccc(Cl)c3)cc2)c1C. The Balaban J connectivity index is 1.58. The molecule has 0 atom stereocenters. The molecular formula is C26H22ClN3O3. The molecule has 0 radical (unpaired) electrons. The number of nitrogens with zero attached hydrogens (tertiary/aromatic N) is 1. The summed E-state index contributed by atoms with van der Waals surface area (Å²) >= 11 is 5.92. The van der Waals surface area contributed by atoms with Gasteiger partial charge in [-0.3, -0.25) is 9.59 Å². The van der Waals surface area contributed by atoms with Gasteiger partial charge in [0.2, 0.25) is 0 Å². The zero-order chi connectivity index (χ0) is 23.8. The first-order valence-electron chi connectivity index (χ1n) is 10.1. The van der Waals surface area contributed by atoms with Crippen LogP contribution >= 0.6 is 11.6 Å². The topological polar surface area (TPSA) is 91.2 Å². The first-order valence-corrected chi connectivity index (χ1v) is 10.5. The molecule has 3 aromatic carbocycles. The average Bonchev–Trinajstić information content (AvgIpc) is 2.80. The van der Waals surface area contributed by atoms with Gasteiger partial charge in [-0.1, -0.05) is 41.9 Å². The number of amides is 2. The fourth-order valence-corrected chi connectivity index (χ4v) is 3.15. The lowest BCUT2D eigenvalue weighted by Gasteiger charge is -2.11. The summed E-state index contributed by atoms with van der Waals surface area (Å²) in [7, 11) is 0. The number of halogens is 1. The van der Waals surface area contributed by atoms with Crippen LogP contribution in [0.15, 0.2) is 72.3 Å². The van der Waals surface area contributed by atoms with Crippen LogP contribution in [0.1, 0.15) is 16.7 Å². The highest BCUT2D eigenvalue weighted by Crippen LogP contribution is 2.19. The molecule has 6 nitrogen and oxygen atoms in total. The monoisotopic (exact) mass is 459 g/mol. The summed E-state index contributed by atoms with van der Waals surface area (Å²) in [5.41, 5.74) is 3.93. The number of rotatable bonds is 7. The highest BCUT2D eigenvalue weighted by molar-refractivity contribution is 6.31. The standard InChI is InChI=1S/C26H22ClN3O3/c1-17-5-3-8-24(18(17)2)30-25(31)16-33-23-11-9-19(10-12-23)13-20(15-28)26(32)29-22-7-4-6-21(27)14-22/h3-14H,16H2,1-2H3,(H,29,32)(H,30,31)/b20-13-. The third-order valence-corrected chi connectivity index (χ3v) is 5.12. The van der Waals surface area contributed by atoms with Crippen LogP contribution in [0.5, 0.6) is 5.75 Å². The Morgan fingerprint density at radius 3 is 2.45 bits per heavy atom. The lowest BCUT2D eigenvalue weighted by Crippen LogP contribution is -2.20. The summed E-state index contributed by atoms with van der Waals surface area (Å²) in [5.74, 6) is -0.314. The molecule has 0 aliphatic carbocycles. The van der Waals surface area contributed by atoms with Crippen LogP contribution in [0, 0.1) is 25.2 Å². The minimum atomic E-state index is -0.539. The molecule has 0 saturated heterocycles. The second-order valence-electron chi connectivity index (χ2n) is 7.29. The average molecular weight is 460 g/mol. The maximum absolute atomic E-state index is 12.4. The number of aryl methyl sites for hydroxylation is 1. The molecule has 0 fully saturated rings. The molecule has 0 aliphatic rings. The van der Waals surface area contributed by atoms with E-state index in [4.69, 9.17) is 16.3 Å². The summed E-state index contributed by atoms with van der Waals surface area (Å²) in [6.45, 7) is 3.78. The van der Waals surface area contributed by atoms with E-state index in [0.29, 0.717) is 22.0 Å². The van der Waals surface area contributed by atoms with Gasteiger partial charge in [0, 0.05) is 16.4 Å². The largest absolute Gasteiger partial charge is 0.484 e. The smallest absolute Gasteiger partial charge is 0.266 e. The number of carbonyl (C=O) groups is 2.